The van der Waals surface area contributed by atoms with Gasteiger partial charge in [-0.05, 0) is 42.5 Å². The standard InChI is InChI=1S/C20H18N4O4S/c25-12-11-23-19(18(22-20(23)29)14-6-3-4-10-21-14)17-9-8-16(28-17)13-5-1-2-7-15(13)24(26)27/h1-10,18-19,25H,11-12H2,(H,22,29)/t18-,19-/m1/s1. The van der Waals surface area contributed by atoms with Crippen molar-refractivity contribution < 1.29 is 14.4 Å². The van der Waals surface area contributed by atoms with Crippen LogP contribution in [-0.2, 0) is 0 Å². The molecule has 2 N–H and O–H groups in total. The van der Waals surface area contributed by atoms with Gasteiger partial charge in [-0.2, -0.15) is 0 Å². The zero-order valence-electron chi connectivity index (χ0n) is 15.3. The lowest BCUT2D eigenvalue weighted by atomic mass is 10.0. The minimum absolute atomic E-state index is 0.0260. The highest BCUT2D eigenvalue weighted by molar-refractivity contribution is 7.80. The lowest BCUT2D eigenvalue weighted by Crippen LogP contribution is -2.32. The maximum absolute atomic E-state index is 11.4. The molecule has 3 aromatic rings. The average molecular weight is 410 g/mol. The molecular weight excluding hydrogens is 392 g/mol. The Labute approximate surface area is 171 Å². The number of nitro groups is 1. The summed E-state index contributed by atoms with van der Waals surface area (Å²) in [5.41, 5.74) is 1.16. The second kappa shape index (κ2) is 7.98. The van der Waals surface area contributed by atoms with Gasteiger partial charge in [-0.3, -0.25) is 15.1 Å². The first-order valence-electron chi connectivity index (χ1n) is 9.02. The summed E-state index contributed by atoms with van der Waals surface area (Å²) in [6.45, 7) is 0.242. The van der Waals surface area contributed by atoms with Gasteiger partial charge in [0.1, 0.15) is 17.6 Å². The summed E-state index contributed by atoms with van der Waals surface area (Å²) in [5, 5.41) is 24.6. The van der Waals surface area contributed by atoms with E-state index >= 15 is 0 Å². The first-order valence-corrected chi connectivity index (χ1v) is 9.43. The van der Waals surface area contributed by atoms with Gasteiger partial charge in [0.05, 0.1) is 28.8 Å². The van der Waals surface area contributed by atoms with Crippen molar-refractivity contribution in [2.75, 3.05) is 13.2 Å². The van der Waals surface area contributed by atoms with Crippen molar-refractivity contribution in [1.82, 2.24) is 15.2 Å². The van der Waals surface area contributed by atoms with E-state index in [4.69, 9.17) is 16.6 Å². The lowest BCUT2D eigenvalue weighted by Gasteiger charge is -2.25. The van der Waals surface area contributed by atoms with Crippen molar-refractivity contribution in [3.8, 4) is 11.3 Å². The summed E-state index contributed by atoms with van der Waals surface area (Å²) < 4.78 is 6.07. The summed E-state index contributed by atoms with van der Waals surface area (Å²) in [4.78, 5) is 17.2. The Bertz CT molecular complexity index is 1040. The molecule has 0 radical (unpaired) electrons. The van der Waals surface area contributed by atoms with Crippen molar-refractivity contribution in [2.24, 2.45) is 0 Å². The van der Waals surface area contributed by atoms with E-state index in [1.165, 1.54) is 6.07 Å². The summed E-state index contributed by atoms with van der Waals surface area (Å²) in [5.74, 6) is 0.975. The molecule has 0 spiro atoms. The summed E-state index contributed by atoms with van der Waals surface area (Å²) in [6, 6.07) is 14.9. The Morgan fingerprint density at radius 2 is 2.00 bits per heavy atom. The Kier molecular flexibility index (Phi) is 5.24. The summed E-state index contributed by atoms with van der Waals surface area (Å²) in [7, 11) is 0. The van der Waals surface area contributed by atoms with E-state index in [-0.39, 0.29) is 24.4 Å². The summed E-state index contributed by atoms with van der Waals surface area (Å²) >= 11 is 5.46. The fraction of sp³-hybridized carbons (Fsp3) is 0.200. The third-order valence-electron chi connectivity index (χ3n) is 4.82. The number of thiocarbonyl (C=S) groups is 1. The minimum atomic E-state index is -0.432. The number of nitro benzene ring substituents is 1. The van der Waals surface area contributed by atoms with Crippen molar-refractivity contribution in [3.63, 3.8) is 0 Å². The highest BCUT2D eigenvalue weighted by Crippen LogP contribution is 2.41. The molecule has 148 valence electrons. The normalized spacial score (nSPS) is 18.7. The second-order valence-electron chi connectivity index (χ2n) is 6.52. The predicted molar refractivity (Wildman–Crippen MR) is 110 cm³/mol. The monoisotopic (exact) mass is 410 g/mol. The van der Waals surface area contributed by atoms with Crippen LogP contribution in [0, 0.1) is 10.1 Å². The molecule has 8 nitrogen and oxygen atoms in total. The number of pyridine rings is 1. The first kappa shape index (κ1) is 19.0. The number of para-hydroxylation sites is 1. The zero-order valence-corrected chi connectivity index (χ0v) is 16.1. The van der Waals surface area contributed by atoms with Crippen LogP contribution in [0.1, 0.15) is 23.5 Å². The van der Waals surface area contributed by atoms with E-state index in [1.807, 2.05) is 23.1 Å². The maximum Gasteiger partial charge on any atom is 0.280 e. The van der Waals surface area contributed by atoms with Gasteiger partial charge in [0.25, 0.3) is 5.69 Å². The molecule has 1 fully saturated rings. The fourth-order valence-electron chi connectivity index (χ4n) is 3.56. The highest BCUT2D eigenvalue weighted by Gasteiger charge is 2.41. The van der Waals surface area contributed by atoms with Crippen molar-refractivity contribution in [1.29, 1.82) is 0 Å². The lowest BCUT2D eigenvalue weighted by molar-refractivity contribution is -0.384. The third kappa shape index (κ3) is 3.57. The predicted octanol–water partition coefficient (Wildman–Crippen LogP) is 3.21. The minimum Gasteiger partial charge on any atom is -0.459 e. The molecule has 3 heterocycles. The fourth-order valence-corrected chi connectivity index (χ4v) is 3.89. The Morgan fingerprint density at radius 1 is 1.21 bits per heavy atom. The van der Waals surface area contributed by atoms with Crippen LogP contribution in [0.5, 0.6) is 0 Å². The van der Waals surface area contributed by atoms with Crippen molar-refractivity contribution in [3.05, 3.63) is 82.4 Å². The highest BCUT2D eigenvalue weighted by atomic mass is 32.1. The van der Waals surface area contributed by atoms with E-state index < -0.39 is 4.92 Å². The number of aliphatic hydroxyl groups excluding tert-OH is 1. The van der Waals surface area contributed by atoms with E-state index in [9.17, 15) is 15.2 Å². The molecule has 2 atom stereocenters. The average Bonchev–Trinajstić information content (AvgIpc) is 3.34. The number of furan rings is 1. The molecule has 1 saturated heterocycles. The number of hydrogen-bond donors (Lipinski definition) is 2. The first-order chi connectivity index (χ1) is 14.1. The van der Waals surface area contributed by atoms with Crippen LogP contribution >= 0.6 is 12.2 Å². The number of nitrogens with one attached hydrogen (secondary N) is 1. The molecule has 0 amide bonds. The van der Waals surface area contributed by atoms with Gasteiger partial charge in [0.2, 0.25) is 0 Å². The van der Waals surface area contributed by atoms with E-state index in [0.29, 0.717) is 28.7 Å². The number of aromatic nitrogens is 1. The number of rotatable bonds is 6. The molecule has 2 aromatic heterocycles. The van der Waals surface area contributed by atoms with Crippen LogP contribution in [-0.4, -0.2) is 38.2 Å². The number of aliphatic hydroxyl groups is 1. The largest absolute Gasteiger partial charge is 0.459 e. The Morgan fingerprint density at radius 3 is 2.72 bits per heavy atom. The van der Waals surface area contributed by atoms with Gasteiger partial charge in [0, 0.05) is 18.8 Å². The molecule has 1 aliphatic heterocycles. The molecule has 9 heteroatoms. The van der Waals surface area contributed by atoms with Crippen LogP contribution in [0.25, 0.3) is 11.3 Å². The molecule has 1 aromatic carbocycles. The number of hydrogen-bond acceptors (Lipinski definition) is 6. The van der Waals surface area contributed by atoms with Crippen LogP contribution < -0.4 is 5.32 Å². The second-order valence-corrected chi connectivity index (χ2v) is 6.91. The number of β-amino-alcohol motifs (C(OH)–C–C–N with tert-alkyl or cyclic N) is 1. The number of benzene rings is 1. The smallest absolute Gasteiger partial charge is 0.280 e. The summed E-state index contributed by atoms with van der Waals surface area (Å²) in [6.07, 6.45) is 1.70. The van der Waals surface area contributed by atoms with Gasteiger partial charge in [-0.1, -0.05) is 18.2 Å². The van der Waals surface area contributed by atoms with Crippen LogP contribution in [0.4, 0.5) is 5.69 Å². The third-order valence-corrected chi connectivity index (χ3v) is 5.18. The quantitative estimate of drug-likeness (QED) is 0.363. The molecule has 4 rings (SSSR count). The molecule has 0 aliphatic carbocycles. The maximum atomic E-state index is 11.4. The van der Waals surface area contributed by atoms with E-state index in [0.717, 1.165) is 5.69 Å². The van der Waals surface area contributed by atoms with Crippen LogP contribution in [0.2, 0.25) is 0 Å². The van der Waals surface area contributed by atoms with Gasteiger partial charge in [-0.25, -0.2) is 0 Å². The van der Waals surface area contributed by atoms with Crippen molar-refractivity contribution >= 4 is 23.0 Å². The molecule has 1 aliphatic rings. The molecule has 0 unspecified atom stereocenters. The Balaban J connectivity index is 1.75. The van der Waals surface area contributed by atoms with Gasteiger partial charge >= 0.3 is 0 Å². The molecular formula is C20H18N4O4S. The topological polar surface area (TPSA) is 105 Å². The van der Waals surface area contributed by atoms with Gasteiger partial charge < -0.3 is 19.7 Å². The van der Waals surface area contributed by atoms with E-state index in [1.54, 1.807) is 36.5 Å². The number of nitrogens with zero attached hydrogens (tertiary/aromatic N) is 3. The molecule has 0 saturated carbocycles. The molecule has 29 heavy (non-hydrogen) atoms. The van der Waals surface area contributed by atoms with E-state index in [2.05, 4.69) is 10.3 Å². The van der Waals surface area contributed by atoms with Crippen LogP contribution in [0.15, 0.2) is 65.2 Å². The Hall–Kier alpha value is -3.30. The van der Waals surface area contributed by atoms with Crippen molar-refractivity contribution in [2.45, 2.75) is 12.1 Å². The molecule has 0 bridgehead atoms. The van der Waals surface area contributed by atoms with Gasteiger partial charge in [0.15, 0.2) is 5.11 Å². The zero-order chi connectivity index (χ0) is 20.4. The van der Waals surface area contributed by atoms with Gasteiger partial charge in [-0.15, -0.1) is 0 Å². The van der Waals surface area contributed by atoms with Crippen LogP contribution in [0.3, 0.4) is 0 Å². The SMILES string of the molecule is O=[N+]([O-])c1ccccc1-c1ccc([C@@H]2[C@@H](c3ccccn3)NC(=S)N2CCO)o1.